The van der Waals surface area contributed by atoms with Crippen LogP contribution in [0.25, 0.3) is 0 Å². The van der Waals surface area contributed by atoms with Gasteiger partial charge in [0.25, 0.3) is 0 Å². The summed E-state index contributed by atoms with van der Waals surface area (Å²) in [5.41, 5.74) is 0.993. The van der Waals surface area contributed by atoms with E-state index in [1.807, 2.05) is 6.92 Å². The lowest BCUT2D eigenvalue weighted by molar-refractivity contribution is 0.664. The quantitative estimate of drug-likeness (QED) is 0.778. The van der Waals surface area contributed by atoms with Crippen molar-refractivity contribution in [2.75, 3.05) is 12.4 Å². The summed E-state index contributed by atoms with van der Waals surface area (Å²) in [5, 5.41) is 15.7. The summed E-state index contributed by atoms with van der Waals surface area (Å²) in [6.45, 7) is 1.95. The molecule has 0 saturated carbocycles. The predicted octanol–water partition coefficient (Wildman–Crippen LogP) is 0.501. The number of hydrogen-bond acceptors (Lipinski definition) is 7. The van der Waals surface area contributed by atoms with E-state index in [0.29, 0.717) is 11.1 Å². The van der Waals surface area contributed by atoms with Gasteiger partial charge in [-0.05, 0) is 29.1 Å². The van der Waals surface area contributed by atoms with Crippen molar-refractivity contribution in [1.82, 2.24) is 30.2 Å². The van der Waals surface area contributed by atoms with Crippen LogP contribution >= 0.6 is 11.8 Å². The van der Waals surface area contributed by atoms with E-state index in [9.17, 15) is 0 Å². The molecule has 0 unspecified atom stereocenters. The average molecular weight is 237 g/mol. The van der Waals surface area contributed by atoms with Gasteiger partial charge in [0, 0.05) is 25.9 Å². The smallest absolute Gasteiger partial charge is 0.223 e. The fourth-order valence-corrected chi connectivity index (χ4v) is 1.81. The standard InChI is InChI=1S/C8H11N7S/c1-5-4-10-7(9-2)11-6(5)16-8-12-13-14-15(8)3/h4H,1-3H3,(H,9,10,11). The highest BCUT2D eigenvalue weighted by molar-refractivity contribution is 7.99. The minimum Gasteiger partial charge on any atom is -0.357 e. The minimum absolute atomic E-state index is 0.586. The molecular formula is C8H11N7S. The van der Waals surface area contributed by atoms with Crippen LogP contribution in [0.4, 0.5) is 5.95 Å². The van der Waals surface area contributed by atoms with Gasteiger partial charge in [0.05, 0.1) is 0 Å². The van der Waals surface area contributed by atoms with Crippen molar-refractivity contribution >= 4 is 17.7 Å². The van der Waals surface area contributed by atoms with Crippen LogP contribution < -0.4 is 5.32 Å². The Hall–Kier alpha value is -1.70. The van der Waals surface area contributed by atoms with Gasteiger partial charge in [-0.3, -0.25) is 0 Å². The summed E-state index contributed by atoms with van der Waals surface area (Å²) in [7, 11) is 3.57. The van der Waals surface area contributed by atoms with E-state index in [2.05, 4.69) is 30.8 Å². The molecule has 0 aliphatic carbocycles. The lowest BCUT2D eigenvalue weighted by Gasteiger charge is -2.04. The molecular weight excluding hydrogens is 226 g/mol. The highest BCUT2D eigenvalue weighted by Crippen LogP contribution is 2.26. The Morgan fingerprint density at radius 3 is 2.88 bits per heavy atom. The first kappa shape index (κ1) is 10.8. The molecule has 0 fully saturated rings. The number of tetrazole rings is 1. The van der Waals surface area contributed by atoms with E-state index in [4.69, 9.17) is 0 Å². The van der Waals surface area contributed by atoms with Crippen LogP contribution in [0.1, 0.15) is 5.56 Å². The Kier molecular flexibility index (Phi) is 3.00. The number of anilines is 1. The zero-order chi connectivity index (χ0) is 11.5. The summed E-state index contributed by atoms with van der Waals surface area (Å²) >= 11 is 1.41. The Bertz CT molecular complexity index is 495. The number of aromatic nitrogens is 6. The average Bonchev–Trinajstić information content (AvgIpc) is 2.68. The topological polar surface area (TPSA) is 81.4 Å². The molecule has 0 spiro atoms. The van der Waals surface area contributed by atoms with Gasteiger partial charge < -0.3 is 5.32 Å². The zero-order valence-corrected chi connectivity index (χ0v) is 9.99. The van der Waals surface area contributed by atoms with Crippen LogP contribution in [0.2, 0.25) is 0 Å². The van der Waals surface area contributed by atoms with Crippen molar-refractivity contribution < 1.29 is 0 Å². The lowest BCUT2D eigenvalue weighted by Crippen LogP contribution is -1.99. The van der Waals surface area contributed by atoms with E-state index in [1.54, 1.807) is 25.0 Å². The van der Waals surface area contributed by atoms with Crippen molar-refractivity contribution in [3.8, 4) is 0 Å². The maximum Gasteiger partial charge on any atom is 0.223 e. The molecule has 0 saturated heterocycles. The summed E-state index contributed by atoms with van der Waals surface area (Å²) in [6.07, 6.45) is 1.77. The van der Waals surface area contributed by atoms with Crippen molar-refractivity contribution in [2.24, 2.45) is 7.05 Å². The van der Waals surface area contributed by atoms with Gasteiger partial charge in [0.15, 0.2) is 0 Å². The van der Waals surface area contributed by atoms with Crippen LogP contribution in [0.15, 0.2) is 16.4 Å². The summed E-state index contributed by atoms with van der Waals surface area (Å²) in [5.74, 6) is 0.586. The predicted molar refractivity (Wildman–Crippen MR) is 59.2 cm³/mol. The van der Waals surface area contributed by atoms with Crippen LogP contribution in [0.5, 0.6) is 0 Å². The van der Waals surface area contributed by atoms with Crippen LogP contribution in [0, 0.1) is 6.92 Å². The van der Waals surface area contributed by atoms with E-state index >= 15 is 0 Å². The third-order valence-corrected chi connectivity index (χ3v) is 3.05. The third-order valence-electron chi connectivity index (χ3n) is 1.92. The second kappa shape index (κ2) is 4.44. The Morgan fingerprint density at radius 1 is 1.44 bits per heavy atom. The van der Waals surface area contributed by atoms with Crippen molar-refractivity contribution in [3.05, 3.63) is 11.8 Å². The first-order valence-corrected chi connectivity index (χ1v) is 5.44. The molecule has 0 aromatic carbocycles. The SMILES string of the molecule is CNc1ncc(C)c(Sc2nnnn2C)n1. The molecule has 0 bridgehead atoms. The Morgan fingerprint density at radius 2 is 2.25 bits per heavy atom. The van der Waals surface area contributed by atoms with Gasteiger partial charge in [-0.1, -0.05) is 0 Å². The molecule has 8 heteroatoms. The number of aryl methyl sites for hydroxylation is 2. The molecule has 16 heavy (non-hydrogen) atoms. The molecule has 0 atom stereocenters. The fourth-order valence-electron chi connectivity index (χ4n) is 1.04. The monoisotopic (exact) mass is 237 g/mol. The Balaban J connectivity index is 2.30. The molecule has 0 radical (unpaired) electrons. The Labute approximate surface area is 96.7 Å². The number of hydrogen-bond donors (Lipinski definition) is 1. The summed E-state index contributed by atoms with van der Waals surface area (Å²) in [4.78, 5) is 8.45. The largest absolute Gasteiger partial charge is 0.357 e. The van der Waals surface area contributed by atoms with E-state index in [1.165, 1.54) is 11.8 Å². The first-order valence-electron chi connectivity index (χ1n) is 4.62. The number of nitrogens with zero attached hydrogens (tertiary/aromatic N) is 6. The summed E-state index contributed by atoms with van der Waals surface area (Å²) < 4.78 is 1.60. The molecule has 1 N–H and O–H groups in total. The lowest BCUT2D eigenvalue weighted by atomic mass is 10.4. The first-order chi connectivity index (χ1) is 7.70. The van der Waals surface area contributed by atoms with E-state index < -0.39 is 0 Å². The van der Waals surface area contributed by atoms with Gasteiger partial charge in [-0.25, -0.2) is 14.6 Å². The third kappa shape index (κ3) is 2.11. The van der Waals surface area contributed by atoms with Crippen LogP contribution in [0.3, 0.4) is 0 Å². The number of nitrogens with one attached hydrogen (secondary N) is 1. The number of rotatable bonds is 3. The highest BCUT2D eigenvalue weighted by atomic mass is 32.2. The second-order valence-corrected chi connectivity index (χ2v) is 4.07. The molecule has 2 aromatic rings. The molecule has 7 nitrogen and oxygen atoms in total. The molecule has 0 amide bonds. The fraction of sp³-hybridized carbons (Fsp3) is 0.375. The van der Waals surface area contributed by atoms with Gasteiger partial charge in [0.1, 0.15) is 5.03 Å². The summed E-state index contributed by atoms with van der Waals surface area (Å²) in [6, 6.07) is 0. The van der Waals surface area contributed by atoms with Gasteiger partial charge in [-0.15, -0.1) is 5.10 Å². The van der Waals surface area contributed by atoms with Gasteiger partial charge in [-0.2, -0.15) is 0 Å². The normalized spacial score (nSPS) is 10.4. The molecule has 0 aliphatic heterocycles. The zero-order valence-electron chi connectivity index (χ0n) is 9.17. The minimum atomic E-state index is 0.586. The molecule has 2 rings (SSSR count). The maximum absolute atomic E-state index is 4.34. The van der Waals surface area contributed by atoms with Gasteiger partial charge in [0.2, 0.25) is 11.1 Å². The second-order valence-electron chi connectivity index (χ2n) is 3.12. The van der Waals surface area contributed by atoms with Crippen LogP contribution in [-0.4, -0.2) is 37.2 Å². The van der Waals surface area contributed by atoms with Gasteiger partial charge >= 0.3 is 0 Å². The van der Waals surface area contributed by atoms with Crippen LogP contribution in [-0.2, 0) is 7.05 Å². The molecule has 84 valence electrons. The van der Waals surface area contributed by atoms with E-state index in [0.717, 1.165) is 10.6 Å². The molecule has 2 aromatic heterocycles. The molecule has 0 aliphatic rings. The van der Waals surface area contributed by atoms with Crippen molar-refractivity contribution in [2.45, 2.75) is 17.1 Å². The van der Waals surface area contributed by atoms with E-state index in [-0.39, 0.29) is 0 Å². The van der Waals surface area contributed by atoms with Crippen molar-refractivity contribution in [1.29, 1.82) is 0 Å². The molecule has 2 heterocycles. The maximum atomic E-state index is 4.34. The van der Waals surface area contributed by atoms with Crippen molar-refractivity contribution in [3.63, 3.8) is 0 Å². The highest BCUT2D eigenvalue weighted by Gasteiger charge is 2.09.